The molecule has 0 amide bonds. The molecule has 3 aromatic rings. The Balaban J connectivity index is 2.18. The van der Waals surface area contributed by atoms with E-state index in [1.807, 2.05) is 44.9 Å². The van der Waals surface area contributed by atoms with Crippen molar-refractivity contribution in [2.24, 2.45) is 14.1 Å². The first-order chi connectivity index (χ1) is 9.47. The summed E-state index contributed by atoms with van der Waals surface area (Å²) < 4.78 is 5.74. The van der Waals surface area contributed by atoms with Crippen LogP contribution in [0.4, 0.5) is 0 Å². The van der Waals surface area contributed by atoms with Crippen molar-refractivity contribution in [3.05, 3.63) is 29.5 Å². The molecular weight excluding hydrogens is 276 g/mol. The number of imidazole rings is 1. The van der Waals surface area contributed by atoms with Crippen LogP contribution in [-0.4, -0.2) is 29.1 Å². The van der Waals surface area contributed by atoms with Gasteiger partial charge < -0.3 is 4.57 Å². The fraction of sp³-hybridized carbons (Fsp3) is 0.462. The molecule has 106 valence electrons. The molecule has 0 spiro atoms. The van der Waals surface area contributed by atoms with E-state index in [0.717, 1.165) is 28.4 Å². The van der Waals surface area contributed by atoms with Gasteiger partial charge in [0.25, 0.3) is 0 Å². The quantitative estimate of drug-likeness (QED) is 0.695. The monoisotopic (exact) mass is 292 g/mol. The lowest BCUT2D eigenvalue weighted by Gasteiger charge is -2.09. The Hall–Kier alpha value is -1.82. The van der Waals surface area contributed by atoms with Crippen LogP contribution in [0, 0.1) is 6.92 Å². The molecule has 6 nitrogen and oxygen atoms in total. The van der Waals surface area contributed by atoms with Gasteiger partial charge in [-0.2, -0.15) is 10.2 Å². The molecule has 0 saturated carbocycles. The number of fused-ring (bicyclic) bond motifs is 1. The number of aryl methyl sites for hydroxylation is 3. The number of hydrogen-bond donors (Lipinski definition) is 0. The highest BCUT2D eigenvalue weighted by atomic mass is 35.5. The van der Waals surface area contributed by atoms with Crippen LogP contribution < -0.4 is 0 Å². The molecule has 0 N–H and O–H groups in total. The maximum Gasteiger partial charge on any atom is 0.159 e. The molecule has 0 aromatic carbocycles. The third kappa shape index (κ3) is 2.00. The number of alkyl halides is 1. The van der Waals surface area contributed by atoms with Crippen LogP contribution >= 0.6 is 11.6 Å². The number of nitrogens with zero attached hydrogens (tertiary/aromatic N) is 6. The summed E-state index contributed by atoms with van der Waals surface area (Å²) in [5.41, 5.74) is 3.78. The molecule has 0 bridgehead atoms. The van der Waals surface area contributed by atoms with E-state index in [2.05, 4.69) is 19.7 Å². The van der Waals surface area contributed by atoms with Crippen LogP contribution in [0.5, 0.6) is 0 Å². The highest BCUT2D eigenvalue weighted by Crippen LogP contribution is 2.26. The van der Waals surface area contributed by atoms with Gasteiger partial charge >= 0.3 is 0 Å². The van der Waals surface area contributed by atoms with Gasteiger partial charge in [-0.1, -0.05) is 0 Å². The van der Waals surface area contributed by atoms with E-state index in [0.29, 0.717) is 6.54 Å². The van der Waals surface area contributed by atoms with Crippen molar-refractivity contribution in [3.8, 4) is 0 Å². The molecule has 3 rings (SSSR count). The number of rotatable bonds is 3. The molecule has 3 heterocycles. The second-order valence-electron chi connectivity index (χ2n) is 5.03. The van der Waals surface area contributed by atoms with Gasteiger partial charge in [-0.15, -0.1) is 11.6 Å². The fourth-order valence-corrected chi connectivity index (χ4v) is 2.69. The van der Waals surface area contributed by atoms with Gasteiger partial charge in [-0.3, -0.25) is 9.36 Å². The summed E-state index contributed by atoms with van der Waals surface area (Å²) in [7, 11) is 3.83. The molecule has 0 aliphatic heterocycles. The summed E-state index contributed by atoms with van der Waals surface area (Å²) >= 11 is 6.27. The van der Waals surface area contributed by atoms with Gasteiger partial charge in [0, 0.05) is 20.3 Å². The highest BCUT2D eigenvalue weighted by Gasteiger charge is 2.20. The summed E-state index contributed by atoms with van der Waals surface area (Å²) in [5, 5.41) is 8.69. The van der Waals surface area contributed by atoms with Crippen molar-refractivity contribution < 1.29 is 0 Å². The third-order valence-corrected chi connectivity index (χ3v) is 3.56. The zero-order valence-corrected chi connectivity index (χ0v) is 12.8. The molecule has 3 aromatic heterocycles. The molecule has 20 heavy (non-hydrogen) atoms. The molecule has 0 saturated heterocycles. The smallest absolute Gasteiger partial charge is 0.159 e. The molecular formula is C13H17ClN6. The van der Waals surface area contributed by atoms with E-state index >= 15 is 0 Å². The Bertz CT molecular complexity index is 763. The van der Waals surface area contributed by atoms with Crippen molar-refractivity contribution in [1.29, 1.82) is 0 Å². The van der Waals surface area contributed by atoms with Crippen LogP contribution in [-0.2, 0) is 20.6 Å². The van der Waals surface area contributed by atoms with Crippen LogP contribution in [0.3, 0.4) is 0 Å². The van der Waals surface area contributed by atoms with E-state index in [1.54, 1.807) is 4.68 Å². The van der Waals surface area contributed by atoms with Gasteiger partial charge in [0.15, 0.2) is 5.65 Å². The lowest BCUT2D eigenvalue weighted by Crippen LogP contribution is -2.09. The van der Waals surface area contributed by atoms with E-state index < -0.39 is 0 Å². The minimum absolute atomic E-state index is 0.162. The van der Waals surface area contributed by atoms with E-state index in [4.69, 9.17) is 11.6 Å². The molecule has 7 heteroatoms. The van der Waals surface area contributed by atoms with Crippen LogP contribution in [0.1, 0.15) is 29.5 Å². The van der Waals surface area contributed by atoms with Gasteiger partial charge in [0.1, 0.15) is 11.3 Å². The average Bonchev–Trinajstić information content (AvgIpc) is 3.00. The van der Waals surface area contributed by atoms with Crippen molar-refractivity contribution in [3.63, 3.8) is 0 Å². The molecule has 0 radical (unpaired) electrons. The molecule has 0 aliphatic carbocycles. The summed E-state index contributed by atoms with van der Waals surface area (Å²) in [6.45, 7) is 4.53. The van der Waals surface area contributed by atoms with Gasteiger partial charge in [-0.25, -0.2) is 4.98 Å². The maximum atomic E-state index is 6.27. The zero-order chi connectivity index (χ0) is 14.4. The van der Waals surface area contributed by atoms with Crippen molar-refractivity contribution in [1.82, 2.24) is 29.1 Å². The lowest BCUT2D eigenvalue weighted by molar-refractivity contribution is 0.661. The Kier molecular flexibility index (Phi) is 3.05. The number of hydrogen-bond acceptors (Lipinski definition) is 3. The average molecular weight is 293 g/mol. The van der Waals surface area contributed by atoms with Crippen molar-refractivity contribution >= 4 is 22.8 Å². The Morgan fingerprint density at radius 2 is 2.05 bits per heavy atom. The standard InChI is InChI=1S/C13H17ClN6/c1-8(14)12-15-11-9(2)16-19(4)13(11)20(12)7-10-5-6-18(3)17-10/h5-6,8H,7H2,1-4H3. The summed E-state index contributed by atoms with van der Waals surface area (Å²) in [4.78, 5) is 4.65. The van der Waals surface area contributed by atoms with Crippen LogP contribution in [0.15, 0.2) is 12.3 Å². The normalized spacial score (nSPS) is 13.2. The Morgan fingerprint density at radius 3 is 2.65 bits per heavy atom. The Morgan fingerprint density at radius 1 is 1.30 bits per heavy atom. The van der Waals surface area contributed by atoms with Crippen molar-refractivity contribution in [2.75, 3.05) is 0 Å². The first-order valence-corrected chi connectivity index (χ1v) is 6.93. The van der Waals surface area contributed by atoms with E-state index in [9.17, 15) is 0 Å². The summed E-state index contributed by atoms with van der Waals surface area (Å²) in [6, 6.07) is 2.00. The first kappa shape index (κ1) is 13.2. The fourth-order valence-electron chi connectivity index (χ4n) is 2.52. The van der Waals surface area contributed by atoms with E-state index in [1.165, 1.54) is 0 Å². The minimum Gasteiger partial charge on any atom is -0.305 e. The molecule has 1 atom stereocenters. The summed E-state index contributed by atoms with van der Waals surface area (Å²) in [6.07, 6.45) is 1.93. The second-order valence-corrected chi connectivity index (χ2v) is 5.69. The predicted molar refractivity (Wildman–Crippen MR) is 77.8 cm³/mol. The number of aromatic nitrogens is 6. The van der Waals surface area contributed by atoms with Gasteiger partial charge in [-0.05, 0) is 19.9 Å². The second kappa shape index (κ2) is 4.63. The van der Waals surface area contributed by atoms with Gasteiger partial charge in [0.05, 0.1) is 23.3 Å². The van der Waals surface area contributed by atoms with Crippen LogP contribution in [0.2, 0.25) is 0 Å². The molecule has 1 unspecified atom stereocenters. The Labute approximate surface area is 122 Å². The lowest BCUT2D eigenvalue weighted by atomic mass is 10.4. The largest absolute Gasteiger partial charge is 0.305 e. The molecule has 0 aliphatic rings. The zero-order valence-electron chi connectivity index (χ0n) is 12.0. The topological polar surface area (TPSA) is 53.5 Å². The van der Waals surface area contributed by atoms with Crippen LogP contribution in [0.25, 0.3) is 11.2 Å². The highest BCUT2D eigenvalue weighted by molar-refractivity contribution is 6.20. The number of halogens is 1. The minimum atomic E-state index is -0.162. The SMILES string of the molecule is Cc1nn(C)c2c1nc(C(C)Cl)n2Cc1ccn(C)n1. The van der Waals surface area contributed by atoms with E-state index in [-0.39, 0.29) is 5.38 Å². The van der Waals surface area contributed by atoms with Gasteiger partial charge in [0.2, 0.25) is 0 Å². The third-order valence-electron chi connectivity index (χ3n) is 3.36. The maximum absolute atomic E-state index is 6.27. The first-order valence-electron chi connectivity index (χ1n) is 6.49. The predicted octanol–water partition coefficient (Wildman–Crippen LogP) is 2.16. The van der Waals surface area contributed by atoms with Crippen molar-refractivity contribution in [2.45, 2.75) is 25.8 Å². The summed E-state index contributed by atoms with van der Waals surface area (Å²) in [5.74, 6) is 0.850. The molecule has 0 fully saturated rings.